The first-order valence-electron chi connectivity index (χ1n) is 3.05. The van der Waals surface area contributed by atoms with Crippen molar-refractivity contribution in [3.05, 3.63) is 27.7 Å². The molecule has 0 fully saturated rings. The van der Waals surface area contributed by atoms with E-state index in [1.165, 1.54) is 0 Å². The van der Waals surface area contributed by atoms with E-state index in [4.69, 9.17) is 5.26 Å². The zero-order valence-corrected chi connectivity index (χ0v) is 8.41. The van der Waals surface area contributed by atoms with Crippen LogP contribution in [0.25, 0.3) is 0 Å². The number of hydrogen-bond donors (Lipinski definition) is 1. The van der Waals surface area contributed by atoms with Gasteiger partial charge in [0.05, 0.1) is 5.56 Å². The maximum Gasteiger partial charge on any atom is 0.101 e. The quantitative estimate of drug-likeness (QED) is 0.678. The van der Waals surface area contributed by atoms with Crippen molar-refractivity contribution in [1.29, 1.82) is 5.26 Å². The van der Waals surface area contributed by atoms with Crippen LogP contribution in [0.4, 0.5) is 0 Å². The van der Waals surface area contributed by atoms with Gasteiger partial charge in [-0.2, -0.15) is 5.26 Å². The molecule has 11 heavy (non-hydrogen) atoms. The molecule has 0 unspecified atom stereocenters. The lowest BCUT2D eigenvalue weighted by molar-refractivity contribution is 1.27. The van der Waals surface area contributed by atoms with Gasteiger partial charge in [0, 0.05) is 9.37 Å². The number of aryl methyl sites for hydroxylation is 1. The Kier molecular flexibility index (Phi) is 2.58. The van der Waals surface area contributed by atoms with Crippen LogP contribution in [0.2, 0.25) is 0 Å². The van der Waals surface area contributed by atoms with Crippen molar-refractivity contribution in [2.24, 2.45) is 0 Å². The molecule has 1 aromatic rings. The average molecular weight is 228 g/mol. The van der Waals surface area contributed by atoms with E-state index in [0.29, 0.717) is 10.5 Å². The highest BCUT2D eigenvalue weighted by atomic mass is 79.9. The molecule has 0 heterocycles. The van der Waals surface area contributed by atoms with E-state index in [2.05, 4.69) is 34.6 Å². The van der Waals surface area contributed by atoms with E-state index >= 15 is 0 Å². The molecule has 1 nitrogen and oxygen atoms in total. The lowest BCUT2D eigenvalue weighted by Crippen LogP contribution is -1.84. The minimum absolute atomic E-state index is 0.641. The number of benzene rings is 1. The third-order valence-electron chi connectivity index (χ3n) is 1.45. The van der Waals surface area contributed by atoms with Crippen LogP contribution in [0.5, 0.6) is 0 Å². The van der Waals surface area contributed by atoms with Gasteiger partial charge in [-0.25, -0.2) is 0 Å². The maximum absolute atomic E-state index is 8.70. The molecule has 1 rings (SSSR count). The van der Waals surface area contributed by atoms with Gasteiger partial charge in [0.25, 0.3) is 0 Å². The SMILES string of the molecule is Cc1ccc(Br)c(S)c1C#N. The summed E-state index contributed by atoms with van der Waals surface area (Å²) < 4.78 is 0.864. The number of nitrogens with zero attached hydrogens (tertiary/aromatic N) is 1. The summed E-state index contributed by atoms with van der Waals surface area (Å²) in [5.74, 6) is 0. The van der Waals surface area contributed by atoms with Crippen LogP contribution >= 0.6 is 28.6 Å². The van der Waals surface area contributed by atoms with Gasteiger partial charge >= 0.3 is 0 Å². The second kappa shape index (κ2) is 3.29. The lowest BCUT2D eigenvalue weighted by atomic mass is 10.1. The summed E-state index contributed by atoms with van der Waals surface area (Å²) in [7, 11) is 0. The van der Waals surface area contributed by atoms with Crippen molar-refractivity contribution >= 4 is 28.6 Å². The van der Waals surface area contributed by atoms with Gasteiger partial charge in [0.15, 0.2) is 0 Å². The Hall–Kier alpha value is -0.460. The summed E-state index contributed by atoms with van der Waals surface area (Å²) in [4.78, 5) is 0.715. The van der Waals surface area contributed by atoms with Crippen LogP contribution in [-0.2, 0) is 0 Å². The Bertz CT molecular complexity index is 328. The molecule has 0 aliphatic carbocycles. The van der Waals surface area contributed by atoms with Crippen molar-refractivity contribution in [3.63, 3.8) is 0 Å². The van der Waals surface area contributed by atoms with E-state index in [-0.39, 0.29) is 0 Å². The number of nitriles is 1. The monoisotopic (exact) mass is 227 g/mol. The highest BCUT2D eigenvalue weighted by Crippen LogP contribution is 2.26. The Morgan fingerprint density at radius 3 is 2.64 bits per heavy atom. The van der Waals surface area contributed by atoms with Gasteiger partial charge in [0.1, 0.15) is 6.07 Å². The Labute approximate surface area is 79.6 Å². The largest absolute Gasteiger partial charge is 0.192 e. The molecule has 0 N–H and O–H groups in total. The van der Waals surface area contributed by atoms with Crippen LogP contribution in [0.15, 0.2) is 21.5 Å². The molecular formula is C8H6BrNS. The molecule has 1 aromatic carbocycles. The number of hydrogen-bond acceptors (Lipinski definition) is 2. The molecule has 0 aromatic heterocycles. The molecule has 0 amide bonds. The number of halogens is 1. The fourth-order valence-electron chi connectivity index (χ4n) is 0.808. The van der Waals surface area contributed by atoms with Gasteiger partial charge in [0.2, 0.25) is 0 Å². The van der Waals surface area contributed by atoms with Crippen LogP contribution in [-0.4, -0.2) is 0 Å². The minimum atomic E-state index is 0.641. The summed E-state index contributed by atoms with van der Waals surface area (Å²) >= 11 is 7.49. The van der Waals surface area contributed by atoms with Crippen molar-refractivity contribution in [1.82, 2.24) is 0 Å². The van der Waals surface area contributed by atoms with Gasteiger partial charge in [-0.1, -0.05) is 6.07 Å². The number of thiol groups is 1. The van der Waals surface area contributed by atoms with Crippen molar-refractivity contribution in [2.45, 2.75) is 11.8 Å². The smallest absolute Gasteiger partial charge is 0.101 e. The van der Waals surface area contributed by atoms with Crippen molar-refractivity contribution < 1.29 is 0 Å². The van der Waals surface area contributed by atoms with Gasteiger partial charge < -0.3 is 0 Å². The second-order valence-electron chi connectivity index (χ2n) is 2.20. The first-order chi connectivity index (χ1) is 5.16. The fraction of sp³-hybridized carbons (Fsp3) is 0.125. The Balaban J connectivity index is 3.44. The van der Waals surface area contributed by atoms with Crippen LogP contribution in [0, 0.1) is 18.3 Å². The summed E-state index contributed by atoms with van der Waals surface area (Å²) in [6.45, 7) is 1.89. The summed E-state index contributed by atoms with van der Waals surface area (Å²) in [5, 5.41) is 8.70. The highest BCUT2D eigenvalue weighted by Gasteiger charge is 2.04. The summed E-state index contributed by atoms with van der Waals surface area (Å²) in [6, 6.07) is 5.88. The zero-order chi connectivity index (χ0) is 8.43. The van der Waals surface area contributed by atoms with Gasteiger partial charge in [-0.15, -0.1) is 12.6 Å². The summed E-state index contributed by atoms with van der Waals surface area (Å²) in [6.07, 6.45) is 0. The Morgan fingerprint density at radius 2 is 2.18 bits per heavy atom. The molecule has 56 valence electrons. The third-order valence-corrected chi connectivity index (χ3v) is 2.88. The second-order valence-corrected chi connectivity index (χ2v) is 3.50. The van der Waals surface area contributed by atoms with E-state index in [1.54, 1.807) is 0 Å². The molecule has 0 saturated carbocycles. The van der Waals surface area contributed by atoms with Crippen molar-refractivity contribution in [2.75, 3.05) is 0 Å². The molecular weight excluding hydrogens is 222 g/mol. The maximum atomic E-state index is 8.70. The molecule has 0 saturated heterocycles. The molecule has 0 spiro atoms. The van der Waals surface area contributed by atoms with Crippen molar-refractivity contribution in [3.8, 4) is 6.07 Å². The molecule has 0 aliphatic rings. The predicted molar refractivity (Wildman–Crippen MR) is 50.8 cm³/mol. The van der Waals surface area contributed by atoms with E-state index in [1.807, 2.05) is 19.1 Å². The van der Waals surface area contributed by atoms with E-state index in [0.717, 1.165) is 10.0 Å². The van der Waals surface area contributed by atoms with E-state index < -0.39 is 0 Å². The molecule has 0 aliphatic heterocycles. The third kappa shape index (κ3) is 1.58. The van der Waals surface area contributed by atoms with Crippen LogP contribution < -0.4 is 0 Å². The first-order valence-corrected chi connectivity index (χ1v) is 4.29. The van der Waals surface area contributed by atoms with Crippen LogP contribution in [0.3, 0.4) is 0 Å². The predicted octanol–water partition coefficient (Wildman–Crippen LogP) is 2.92. The highest BCUT2D eigenvalue weighted by molar-refractivity contribution is 9.10. The molecule has 0 radical (unpaired) electrons. The number of rotatable bonds is 0. The Morgan fingerprint density at radius 1 is 1.55 bits per heavy atom. The topological polar surface area (TPSA) is 23.8 Å². The first kappa shape index (κ1) is 8.63. The van der Waals surface area contributed by atoms with Gasteiger partial charge in [-0.05, 0) is 34.5 Å². The molecule has 3 heteroatoms. The normalized spacial score (nSPS) is 9.27. The molecule has 0 atom stereocenters. The average Bonchev–Trinajstić information content (AvgIpc) is 1.99. The minimum Gasteiger partial charge on any atom is -0.192 e. The lowest BCUT2D eigenvalue weighted by Gasteiger charge is -2.01. The summed E-state index contributed by atoms with van der Waals surface area (Å²) in [5.41, 5.74) is 1.60. The zero-order valence-electron chi connectivity index (χ0n) is 5.93. The standard InChI is InChI=1S/C8H6BrNS/c1-5-2-3-7(9)8(11)6(5)4-10/h2-3,11H,1H3. The van der Waals surface area contributed by atoms with E-state index in [9.17, 15) is 0 Å². The van der Waals surface area contributed by atoms with Crippen LogP contribution in [0.1, 0.15) is 11.1 Å². The fourth-order valence-corrected chi connectivity index (χ4v) is 1.44. The van der Waals surface area contributed by atoms with Gasteiger partial charge in [-0.3, -0.25) is 0 Å². The molecule has 0 bridgehead atoms.